The molecule has 1 aliphatic rings. The van der Waals surface area contributed by atoms with Crippen LogP contribution in [0.4, 0.5) is 0 Å². The highest BCUT2D eigenvalue weighted by Crippen LogP contribution is 2.19. The van der Waals surface area contributed by atoms with Gasteiger partial charge in [-0.05, 0) is 35.6 Å². The highest BCUT2D eigenvalue weighted by molar-refractivity contribution is 7.09. The minimum atomic E-state index is 0.251. The number of hydrogen-bond donors (Lipinski definition) is 1. The van der Waals surface area contributed by atoms with Gasteiger partial charge in [0.15, 0.2) is 0 Å². The molecule has 2 aromatic rings. The Morgan fingerprint density at radius 2 is 2.08 bits per heavy atom. The highest BCUT2D eigenvalue weighted by Gasteiger charge is 2.26. The largest absolute Gasteiger partial charge is 0.497 e. The number of aliphatic hydroxyl groups is 1. The number of nitrogens with zero attached hydrogens (tertiary/aromatic N) is 2. The number of ether oxygens (including phenoxy) is 1. The number of methoxy groups -OCH3 is 1. The number of benzene rings is 1. The number of hydrogen-bond acceptors (Lipinski definition) is 5. The molecule has 0 radical (unpaired) electrons. The molecular formula is C21H28N2O2S. The monoisotopic (exact) mass is 372 g/mol. The van der Waals surface area contributed by atoms with E-state index in [1.54, 1.807) is 7.11 Å². The Labute approximate surface area is 160 Å². The third kappa shape index (κ3) is 5.42. The van der Waals surface area contributed by atoms with Crippen molar-refractivity contribution in [1.29, 1.82) is 0 Å². The topological polar surface area (TPSA) is 35.9 Å². The van der Waals surface area contributed by atoms with Crippen LogP contribution in [-0.4, -0.2) is 60.8 Å². The lowest BCUT2D eigenvalue weighted by molar-refractivity contribution is 0.0604. The average Bonchev–Trinajstić information content (AvgIpc) is 3.18. The van der Waals surface area contributed by atoms with E-state index in [1.807, 2.05) is 23.5 Å². The standard InChI is InChI=1S/C21H28N2O2S/c1-25-20-8-6-18(7-9-20)4-2-11-22-12-13-23(19(16-22)10-14-24)17-21-5-3-15-26-21/h2-9,15,19,24H,10-14,16-17H2,1H3/b4-2+/t19-/m1/s1. The first kappa shape index (κ1) is 19.1. The van der Waals surface area contributed by atoms with E-state index in [2.05, 4.69) is 51.6 Å². The van der Waals surface area contributed by atoms with Crippen molar-refractivity contribution in [1.82, 2.24) is 9.80 Å². The van der Waals surface area contributed by atoms with Crippen LogP contribution >= 0.6 is 11.3 Å². The van der Waals surface area contributed by atoms with Gasteiger partial charge in [-0.25, -0.2) is 0 Å². The van der Waals surface area contributed by atoms with Crippen molar-refractivity contribution in [2.24, 2.45) is 0 Å². The molecule has 1 saturated heterocycles. The van der Waals surface area contributed by atoms with Gasteiger partial charge < -0.3 is 9.84 Å². The van der Waals surface area contributed by atoms with E-state index in [0.29, 0.717) is 6.04 Å². The first-order chi connectivity index (χ1) is 12.8. The van der Waals surface area contributed by atoms with Crippen LogP contribution in [0.3, 0.4) is 0 Å². The third-order valence-electron chi connectivity index (χ3n) is 4.88. The van der Waals surface area contributed by atoms with E-state index < -0.39 is 0 Å². The van der Waals surface area contributed by atoms with Gasteiger partial charge in [0.25, 0.3) is 0 Å². The Morgan fingerprint density at radius 3 is 2.77 bits per heavy atom. The van der Waals surface area contributed by atoms with Gasteiger partial charge in [0.1, 0.15) is 5.75 Å². The molecule has 140 valence electrons. The predicted octanol–water partition coefficient (Wildman–Crippen LogP) is 3.34. The van der Waals surface area contributed by atoms with Crippen LogP contribution in [0.5, 0.6) is 5.75 Å². The molecule has 0 saturated carbocycles. The van der Waals surface area contributed by atoms with Crippen molar-refractivity contribution in [3.05, 3.63) is 58.3 Å². The van der Waals surface area contributed by atoms with Crippen molar-refractivity contribution in [3.8, 4) is 5.75 Å². The molecule has 1 N–H and O–H groups in total. The predicted molar refractivity (Wildman–Crippen MR) is 109 cm³/mol. The summed E-state index contributed by atoms with van der Waals surface area (Å²) in [4.78, 5) is 6.40. The maximum Gasteiger partial charge on any atom is 0.118 e. The number of rotatable bonds is 8. The quantitative estimate of drug-likeness (QED) is 0.771. The maximum absolute atomic E-state index is 9.45. The van der Waals surface area contributed by atoms with E-state index >= 15 is 0 Å². The lowest BCUT2D eigenvalue weighted by Crippen LogP contribution is -2.52. The molecule has 1 fully saturated rings. The molecule has 1 aliphatic heterocycles. The van der Waals surface area contributed by atoms with E-state index in [9.17, 15) is 5.11 Å². The SMILES string of the molecule is COc1ccc(/C=C/CN2CCN(Cc3cccs3)[C@H](CCO)C2)cc1. The molecule has 1 aromatic carbocycles. The number of aliphatic hydroxyl groups excluding tert-OH is 1. The van der Waals surface area contributed by atoms with Crippen molar-refractivity contribution in [2.45, 2.75) is 19.0 Å². The number of piperazine rings is 1. The van der Waals surface area contributed by atoms with E-state index in [1.165, 1.54) is 10.4 Å². The first-order valence-electron chi connectivity index (χ1n) is 9.18. The molecule has 2 heterocycles. The molecule has 4 nitrogen and oxygen atoms in total. The zero-order valence-electron chi connectivity index (χ0n) is 15.4. The summed E-state index contributed by atoms with van der Waals surface area (Å²) in [5.74, 6) is 0.885. The summed E-state index contributed by atoms with van der Waals surface area (Å²) in [6.07, 6.45) is 5.23. The fourth-order valence-electron chi connectivity index (χ4n) is 3.41. The van der Waals surface area contributed by atoms with E-state index in [-0.39, 0.29) is 6.61 Å². The molecule has 1 aromatic heterocycles. The Hall–Kier alpha value is -1.66. The van der Waals surface area contributed by atoms with Crippen LogP contribution in [-0.2, 0) is 6.54 Å². The second-order valence-electron chi connectivity index (χ2n) is 6.65. The third-order valence-corrected chi connectivity index (χ3v) is 5.74. The van der Waals surface area contributed by atoms with Gasteiger partial charge in [0.05, 0.1) is 7.11 Å². The maximum atomic E-state index is 9.45. The van der Waals surface area contributed by atoms with E-state index in [0.717, 1.165) is 44.9 Å². The molecule has 0 spiro atoms. The van der Waals surface area contributed by atoms with Gasteiger partial charge in [0.2, 0.25) is 0 Å². The first-order valence-corrected chi connectivity index (χ1v) is 10.1. The summed E-state index contributed by atoms with van der Waals surface area (Å²) in [6.45, 7) is 5.33. The molecule has 5 heteroatoms. The van der Waals surface area contributed by atoms with Crippen LogP contribution in [0.2, 0.25) is 0 Å². The second-order valence-corrected chi connectivity index (χ2v) is 7.68. The van der Waals surface area contributed by atoms with Gasteiger partial charge in [0, 0.05) is 50.2 Å². The Bertz CT molecular complexity index is 670. The zero-order chi connectivity index (χ0) is 18.2. The molecule has 3 rings (SSSR count). The van der Waals surface area contributed by atoms with E-state index in [4.69, 9.17) is 4.74 Å². The fourth-order valence-corrected chi connectivity index (χ4v) is 4.14. The van der Waals surface area contributed by atoms with Crippen LogP contribution in [0.15, 0.2) is 47.9 Å². The normalized spacial score (nSPS) is 19.2. The van der Waals surface area contributed by atoms with Crippen molar-refractivity contribution in [3.63, 3.8) is 0 Å². The summed E-state index contributed by atoms with van der Waals surface area (Å²) in [5.41, 5.74) is 1.19. The van der Waals surface area contributed by atoms with Crippen molar-refractivity contribution < 1.29 is 9.84 Å². The molecule has 0 bridgehead atoms. The summed E-state index contributed by atoms with van der Waals surface area (Å²) >= 11 is 1.81. The Balaban J connectivity index is 1.52. The molecule has 0 aliphatic carbocycles. The Morgan fingerprint density at radius 1 is 1.23 bits per heavy atom. The summed E-state index contributed by atoms with van der Waals surface area (Å²) < 4.78 is 5.19. The van der Waals surface area contributed by atoms with Crippen molar-refractivity contribution in [2.75, 3.05) is 39.9 Å². The van der Waals surface area contributed by atoms with Crippen LogP contribution in [0.1, 0.15) is 16.9 Å². The molecule has 0 amide bonds. The average molecular weight is 373 g/mol. The van der Waals surface area contributed by atoms with Gasteiger partial charge in [-0.15, -0.1) is 11.3 Å². The van der Waals surface area contributed by atoms with Gasteiger partial charge in [-0.2, -0.15) is 0 Å². The summed E-state index contributed by atoms with van der Waals surface area (Å²) in [7, 11) is 1.69. The van der Waals surface area contributed by atoms with Gasteiger partial charge >= 0.3 is 0 Å². The molecule has 26 heavy (non-hydrogen) atoms. The van der Waals surface area contributed by atoms with Crippen LogP contribution in [0.25, 0.3) is 6.08 Å². The second kappa shape index (κ2) is 9.88. The zero-order valence-corrected chi connectivity index (χ0v) is 16.2. The summed E-state index contributed by atoms with van der Waals surface area (Å²) in [5, 5.41) is 11.6. The molecule has 0 unspecified atom stereocenters. The lowest BCUT2D eigenvalue weighted by atomic mass is 10.1. The van der Waals surface area contributed by atoms with Crippen LogP contribution < -0.4 is 4.74 Å². The van der Waals surface area contributed by atoms with Crippen molar-refractivity contribution >= 4 is 17.4 Å². The fraction of sp³-hybridized carbons (Fsp3) is 0.429. The van der Waals surface area contributed by atoms with Gasteiger partial charge in [-0.1, -0.05) is 30.4 Å². The lowest BCUT2D eigenvalue weighted by Gasteiger charge is -2.41. The molecule has 1 atom stereocenters. The minimum Gasteiger partial charge on any atom is -0.497 e. The van der Waals surface area contributed by atoms with Gasteiger partial charge in [-0.3, -0.25) is 9.80 Å². The number of thiophene rings is 1. The molecular weight excluding hydrogens is 344 g/mol. The Kier molecular flexibility index (Phi) is 7.26. The smallest absolute Gasteiger partial charge is 0.118 e. The summed E-state index contributed by atoms with van der Waals surface area (Å²) in [6, 6.07) is 12.9. The highest BCUT2D eigenvalue weighted by atomic mass is 32.1. The minimum absolute atomic E-state index is 0.251. The van der Waals surface area contributed by atoms with Crippen LogP contribution in [0, 0.1) is 0 Å².